The van der Waals surface area contributed by atoms with Crippen molar-refractivity contribution in [2.24, 2.45) is 0 Å². The number of aryl methyl sites for hydroxylation is 1. The molecule has 0 amide bonds. The molecule has 2 heterocycles. The Balaban J connectivity index is 2.01. The van der Waals surface area contributed by atoms with Gasteiger partial charge < -0.3 is 14.4 Å². The van der Waals surface area contributed by atoms with Crippen molar-refractivity contribution in [3.63, 3.8) is 0 Å². The third-order valence-electron chi connectivity index (χ3n) is 4.02. The fourth-order valence-electron chi connectivity index (χ4n) is 2.85. The first kappa shape index (κ1) is 17.3. The molecule has 0 saturated carbocycles. The lowest BCUT2D eigenvalue weighted by Gasteiger charge is -2.28. The average Bonchev–Trinajstić information content (AvgIpc) is 3.13. The van der Waals surface area contributed by atoms with Crippen molar-refractivity contribution in [3.05, 3.63) is 48.0 Å². The van der Waals surface area contributed by atoms with Crippen molar-refractivity contribution in [1.29, 1.82) is 0 Å². The molecule has 1 atom stereocenters. The first-order valence-electron chi connectivity index (χ1n) is 8.19. The summed E-state index contributed by atoms with van der Waals surface area (Å²) in [7, 11) is 3.37. The van der Waals surface area contributed by atoms with Crippen LogP contribution in [0.3, 0.4) is 0 Å². The molecule has 0 bridgehead atoms. The average molecular weight is 341 g/mol. The number of nitrogens with zero attached hydrogens (tertiary/aromatic N) is 4. The molecule has 0 aliphatic heterocycles. The van der Waals surface area contributed by atoms with Gasteiger partial charge >= 0.3 is 0 Å². The Morgan fingerprint density at radius 3 is 2.72 bits per heavy atom. The van der Waals surface area contributed by atoms with Gasteiger partial charge in [-0.2, -0.15) is 5.10 Å². The van der Waals surface area contributed by atoms with Crippen LogP contribution < -0.4 is 4.90 Å². The molecule has 0 unspecified atom stereocenters. The summed E-state index contributed by atoms with van der Waals surface area (Å²) >= 11 is 0. The molecular weight excluding hydrogens is 318 g/mol. The number of ether oxygens (including phenoxy) is 2. The minimum Gasteiger partial charge on any atom is -0.382 e. The Labute approximate surface area is 147 Å². The van der Waals surface area contributed by atoms with Crippen LogP contribution in [0.4, 0.5) is 5.82 Å². The fourth-order valence-corrected chi connectivity index (χ4v) is 2.85. The van der Waals surface area contributed by atoms with Crippen molar-refractivity contribution < 1.29 is 9.47 Å². The van der Waals surface area contributed by atoms with E-state index in [0.717, 1.165) is 28.2 Å². The van der Waals surface area contributed by atoms with Gasteiger partial charge in [-0.05, 0) is 25.1 Å². The van der Waals surface area contributed by atoms with Gasteiger partial charge in [0, 0.05) is 32.3 Å². The van der Waals surface area contributed by atoms with Gasteiger partial charge in [0.25, 0.3) is 0 Å². The topological polar surface area (TPSA) is 76.2 Å². The van der Waals surface area contributed by atoms with E-state index in [1.54, 1.807) is 20.4 Å². The van der Waals surface area contributed by atoms with Crippen LogP contribution in [0, 0.1) is 6.92 Å². The number of rotatable bonds is 8. The Morgan fingerprint density at radius 2 is 2.00 bits per heavy atom. The summed E-state index contributed by atoms with van der Waals surface area (Å²) in [5, 5.41) is 8.07. The van der Waals surface area contributed by atoms with E-state index in [0.29, 0.717) is 19.7 Å². The highest BCUT2D eigenvalue weighted by atomic mass is 16.5. The van der Waals surface area contributed by atoms with E-state index in [9.17, 15) is 0 Å². The summed E-state index contributed by atoms with van der Waals surface area (Å²) in [4.78, 5) is 11.4. The molecule has 0 radical (unpaired) electrons. The number of H-pyrrole nitrogens is 1. The third-order valence-corrected chi connectivity index (χ3v) is 4.02. The van der Waals surface area contributed by atoms with Crippen molar-refractivity contribution in [2.75, 3.05) is 32.3 Å². The van der Waals surface area contributed by atoms with Crippen molar-refractivity contribution in [2.45, 2.75) is 19.6 Å². The molecule has 7 heteroatoms. The maximum absolute atomic E-state index is 5.57. The highest BCUT2D eigenvalue weighted by Gasteiger charge is 2.19. The molecule has 132 valence electrons. The van der Waals surface area contributed by atoms with Crippen LogP contribution in [0.1, 0.15) is 11.5 Å². The van der Waals surface area contributed by atoms with E-state index < -0.39 is 0 Å². The van der Waals surface area contributed by atoms with Crippen LogP contribution >= 0.6 is 0 Å². The third kappa shape index (κ3) is 4.12. The van der Waals surface area contributed by atoms with E-state index in [2.05, 4.69) is 20.1 Å². The first-order valence-corrected chi connectivity index (χ1v) is 8.19. The molecule has 2 aromatic heterocycles. The number of anilines is 1. The van der Waals surface area contributed by atoms with Gasteiger partial charge in [0.1, 0.15) is 11.6 Å². The number of methoxy groups -OCH3 is 2. The Kier molecular flexibility index (Phi) is 5.57. The predicted octanol–water partition coefficient (Wildman–Crippen LogP) is 2.33. The van der Waals surface area contributed by atoms with Gasteiger partial charge in [-0.3, -0.25) is 5.10 Å². The number of aromatic amines is 1. The second-order valence-electron chi connectivity index (χ2n) is 5.89. The number of hydrogen-bond acceptors (Lipinski definition) is 6. The van der Waals surface area contributed by atoms with Crippen LogP contribution in [0.25, 0.3) is 10.9 Å². The van der Waals surface area contributed by atoms with Crippen molar-refractivity contribution in [3.8, 4) is 0 Å². The maximum Gasteiger partial charge on any atom is 0.140 e. The molecule has 7 nitrogen and oxygen atoms in total. The number of para-hydroxylation sites is 1. The SMILES string of the molecule is COC[C@H](CN(Cc1ccn[nH]1)c1nc(C)nc2ccccc12)OC. The van der Waals surface area contributed by atoms with Gasteiger partial charge in [-0.15, -0.1) is 0 Å². The normalized spacial score (nSPS) is 12.4. The summed E-state index contributed by atoms with van der Waals surface area (Å²) in [6, 6.07) is 10.00. The lowest BCUT2D eigenvalue weighted by molar-refractivity contribution is 0.0326. The van der Waals surface area contributed by atoms with Crippen LogP contribution in [0.5, 0.6) is 0 Å². The summed E-state index contributed by atoms with van der Waals surface area (Å²) in [6.07, 6.45) is 1.68. The molecule has 1 N–H and O–H groups in total. The molecule has 0 spiro atoms. The molecule has 1 aromatic carbocycles. The molecule has 0 saturated heterocycles. The van der Waals surface area contributed by atoms with E-state index >= 15 is 0 Å². The zero-order chi connectivity index (χ0) is 17.6. The smallest absolute Gasteiger partial charge is 0.140 e. The van der Waals surface area contributed by atoms with Crippen molar-refractivity contribution in [1.82, 2.24) is 20.2 Å². The van der Waals surface area contributed by atoms with Crippen LogP contribution in [-0.4, -0.2) is 53.6 Å². The lowest BCUT2D eigenvalue weighted by Crippen LogP contribution is -2.36. The van der Waals surface area contributed by atoms with Gasteiger partial charge in [-0.1, -0.05) is 12.1 Å². The summed E-state index contributed by atoms with van der Waals surface area (Å²) < 4.78 is 10.8. The zero-order valence-electron chi connectivity index (χ0n) is 14.8. The van der Waals surface area contributed by atoms with Crippen LogP contribution in [0.15, 0.2) is 36.5 Å². The van der Waals surface area contributed by atoms with Gasteiger partial charge in [0.05, 0.1) is 30.5 Å². The van der Waals surface area contributed by atoms with E-state index in [1.165, 1.54) is 0 Å². The molecule has 0 fully saturated rings. The summed E-state index contributed by atoms with van der Waals surface area (Å²) in [5.74, 6) is 1.62. The molecule has 3 aromatic rings. The minimum atomic E-state index is -0.0676. The second-order valence-corrected chi connectivity index (χ2v) is 5.89. The lowest BCUT2D eigenvalue weighted by atomic mass is 10.2. The summed E-state index contributed by atoms with van der Waals surface area (Å²) in [6.45, 7) is 3.71. The Morgan fingerprint density at radius 1 is 1.16 bits per heavy atom. The van der Waals surface area contributed by atoms with Gasteiger partial charge in [0.15, 0.2) is 0 Å². The molecule has 3 rings (SSSR count). The number of hydrogen-bond donors (Lipinski definition) is 1. The van der Waals surface area contributed by atoms with Gasteiger partial charge in [0.2, 0.25) is 0 Å². The second kappa shape index (κ2) is 8.04. The highest BCUT2D eigenvalue weighted by molar-refractivity contribution is 5.89. The summed E-state index contributed by atoms with van der Waals surface area (Å²) in [5.41, 5.74) is 1.94. The number of fused-ring (bicyclic) bond motifs is 1. The van der Waals surface area contributed by atoms with Gasteiger partial charge in [-0.25, -0.2) is 9.97 Å². The number of benzene rings is 1. The highest BCUT2D eigenvalue weighted by Crippen LogP contribution is 2.25. The van der Waals surface area contributed by atoms with E-state index in [-0.39, 0.29) is 6.10 Å². The number of aromatic nitrogens is 4. The Hall–Kier alpha value is -2.51. The largest absolute Gasteiger partial charge is 0.382 e. The van der Waals surface area contributed by atoms with Crippen LogP contribution in [0.2, 0.25) is 0 Å². The van der Waals surface area contributed by atoms with E-state index in [4.69, 9.17) is 14.5 Å². The molecule has 0 aliphatic carbocycles. The Bertz CT molecular complexity index is 806. The standard InChI is InChI=1S/C18H23N5O2/c1-13-20-17-7-5-4-6-16(17)18(21-13)23(10-14-8-9-19-22-14)11-15(25-3)12-24-2/h4-9,15H,10-12H2,1-3H3,(H,19,22)/t15-/m0/s1. The first-order chi connectivity index (χ1) is 12.2. The molecule has 0 aliphatic rings. The van der Waals surface area contributed by atoms with Crippen molar-refractivity contribution >= 4 is 16.7 Å². The number of nitrogens with one attached hydrogen (secondary N) is 1. The van der Waals surface area contributed by atoms with E-state index in [1.807, 2.05) is 37.3 Å². The fraction of sp³-hybridized carbons (Fsp3) is 0.389. The zero-order valence-corrected chi connectivity index (χ0v) is 14.8. The van der Waals surface area contributed by atoms with Crippen LogP contribution in [-0.2, 0) is 16.0 Å². The predicted molar refractivity (Wildman–Crippen MR) is 96.6 cm³/mol. The maximum atomic E-state index is 5.57. The minimum absolute atomic E-state index is 0.0676. The quantitative estimate of drug-likeness (QED) is 0.678. The monoisotopic (exact) mass is 341 g/mol. The molecular formula is C18H23N5O2. The molecule has 25 heavy (non-hydrogen) atoms.